The first-order valence-electron chi connectivity index (χ1n) is 9.48. The average molecular weight is 567 g/mol. The van der Waals surface area contributed by atoms with Crippen LogP contribution >= 0.6 is 46.9 Å². The van der Waals surface area contributed by atoms with Crippen molar-refractivity contribution in [2.45, 2.75) is 39.8 Å². The highest BCUT2D eigenvalue weighted by Gasteiger charge is 2.20. The number of esters is 1. The number of thiazole rings is 1. The van der Waals surface area contributed by atoms with E-state index in [-0.39, 0.29) is 42.5 Å². The first kappa shape index (κ1) is 26.6. The van der Waals surface area contributed by atoms with Crippen molar-refractivity contribution in [1.29, 1.82) is 0 Å². The van der Waals surface area contributed by atoms with Gasteiger partial charge >= 0.3 is 5.97 Å². The fourth-order valence-corrected chi connectivity index (χ4v) is 3.63. The maximum Gasteiger partial charge on any atom is 0.350 e. The van der Waals surface area contributed by atoms with E-state index < -0.39 is 6.10 Å². The second kappa shape index (κ2) is 13.1. The Morgan fingerprint density at radius 2 is 2.00 bits per heavy atom. The fourth-order valence-electron chi connectivity index (χ4n) is 2.54. The number of carbonyl (C=O) groups excluding carboxylic acids is 1. The zero-order valence-electron chi connectivity index (χ0n) is 17.4. The lowest BCUT2D eigenvalue weighted by atomic mass is 10.1. The van der Waals surface area contributed by atoms with Gasteiger partial charge < -0.3 is 20.5 Å². The Hall–Kier alpha value is -1.43. The number of aryl methyl sites for hydroxylation is 1. The monoisotopic (exact) mass is 566 g/mol. The summed E-state index contributed by atoms with van der Waals surface area (Å²) in [6, 6.07) is 6.86. The van der Waals surface area contributed by atoms with E-state index in [1.54, 1.807) is 38.1 Å². The summed E-state index contributed by atoms with van der Waals surface area (Å²) in [6.45, 7) is 8.65. The molecule has 1 aromatic heterocycles. The molecule has 166 valence electrons. The maximum absolute atomic E-state index is 12.0. The number of benzene rings is 1. The molecule has 0 radical (unpaired) electrons. The highest BCUT2D eigenvalue weighted by molar-refractivity contribution is 14.0. The van der Waals surface area contributed by atoms with Crippen LogP contribution in [0.2, 0.25) is 5.02 Å². The van der Waals surface area contributed by atoms with Gasteiger partial charge in [-0.25, -0.2) is 9.78 Å². The Balaban J connectivity index is 0.00000450. The van der Waals surface area contributed by atoms with Crippen LogP contribution in [0.3, 0.4) is 0 Å². The van der Waals surface area contributed by atoms with Crippen molar-refractivity contribution >= 4 is 58.8 Å². The molecule has 1 aromatic carbocycles. The Morgan fingerprint density at radius 3 is 2.60 bits per heavy atom. The predicted molar refractivity (Wildman–Crippen MR) is 132 cm³/mol. The molecule has 2 rings (SSSR count). The molecule has 3 N–H and O–H groups in total. The van der Waals surface area contributed by atoms with Crippen molar-refractivity contribution in [3.8, 4) is 0 Å². The number of aliphatic imine (C=N–C) groups is 1. The lowest BCUT2D eigenvalue weighted by Gasteiger charge is -2.17. The highest BCUT2D eigenvalue weighted by Crippen LogP contribution is 2.24. The third-order valence-corrected chi connectivity index (χ3v) is 5.59. The molecular weight excluding hydrogens is 539 g/mol. The number of hydrogen-bond acceptors (Lipinski definition) is 6. The molecule has 0 aliphatic carbocycles. The summed E-state index contributed by atoms with van der Waals surface area (Å²) in [4.78, 5) is 21.5. The molecule has 0 bridgehead atoms. The number of aromatic nitrogens is 1. The molecule has 2 atom stereocenters. The first-order chi connectivity index (χ1) is 13.8. The highest BCUT2D eigenvalue weighted by atomic mass is 127. The molecule has 2 aromatic rings. The molecule has 0 saturated carbocycles. The van der Waals surface area contributed by atoms with Gasteiger partial charge in [-0.3, -0.25) is 4.99 Å². The number of aliphatic hydroxyl groups excluding tert-OH is 1. The van der Waals surface area contributed by atoms with Gasteiger partial charge in [-0.1, -0.05) is 23.7 Å². The number of aliphatic hydroxyl groups is 1. The van der Waals surface area contributed by atoms with E-state index in [0.29, 0.717) is 34.7 Å². The summed E-state index contributed by atoms with van der Waals surface area (Å²) in [6.07, 6.45) is -0.740. The standard InChI is InChI=1S/C20H27ClN4O3S.HI/c1-5-22-20(23-11-16(26)14-7-9-15(21)10-8-14)25-13(4)18-24-12(3)17(29-18)19(27)28-6-2;/h7-10,13,16,26H,5-6,11H2,1-4H3,(H2,22,23,25);1H. The van der Waals surface area contributed by atoms with Gasteiger partial charge in [-0.05, 0) is 45.4 Å². The summed E-state index contributed by atoms with van der Waals surface area (Å²) < 4.78 is 5.07. The molecule has 7 nitrogen and oxygen atoms in total. The van der Waals surface area contributed by atoms with E-state index in [4.69, 9.17) is 16.3 Å². The van der Waals surface area contributed by atoms with Crippen LogP contribution in [-0.2, 0) is 4.74 Å². The molecule has 0 saturated heterocycles. The topological polar surface area (TPSA) is 95.8 Å². The van der Waals surface area contributed by atoms with Crippen LogP contribution in [-0.4, -0.2) is 41.7 Å². The van der Waals surface area contributed by atoms with Gasteiger partial charge in [0.15, 0.2) is 5.96 Å². The van der Waals surface area contributed by atoms with E-state index >= 15 is 0 Å². The molecule has 10 heteroatoms. The van der Waals surface area contributed by atoms with Crippen LogP contribution in [0.4, 0.5) is 0 Å². The Labute approximate surface area is 203 Å². The number of guanidine groups is 1. The van der Waals surface area contributed by atoms with Crippen molar-refractivity contribution < 1.29 is 14.6 Å². The van der Waals surface area contributed by atoms with E-state index in [1.807, 2.05) is 13.8 Å². The van der Waals surface area contributed by atoms with Crippen molar-refractivity contribution in [2.75, 3.05) is 19.7 Å². The largest absolute Gasteiger partial charge is 0.462 e. The summed E-state index contributed by atoms with van der Waals surface area (Å²) in [5.41, 5.74) is 1.40. The maximum atomic E-state index is 12.0. The molecule has 2 unspecified atom stereocenters. The zero-order valence-corrected chi connectivity index (χ0v) is 21.3. The smallest absolute Gasteiger partial charge is 0.350 e. The summed E-state index contributed by atoms with van der Waals surface area (Å²) in [7, 11) is 0. The number of ether oxygens (including phenoxy) is 1. The van der Waals surface area contributed by atoms with Gasteiger partial charge in [-0.2, -0.15) is 0 Å². The van der Waals surface area contributed by atoms with E-state index in [2.05, 4.69) is 20.6 Å². The van der Waals surface area contributed by atoms with Crippen LogP contribution in [0.15, 0.2) is 29.3 Å². The molecule has 0 amide bonds. The molecule has 0 spiro atoms. The number of carbonyl (C=O) groups is 1. The van der Waals surface area contributed by atoms with Gasteiger partial charge in [0.1, 0.15) is 9.88 Å². The minimum atomic E-state index is -0.740. The van der Waals surface area contributed by atoms with Crippen molar-refractivity contribution in [2.24, 2.45) is 4.99 Å². The second-order valence-corrected chi connectivity index (χ2v) is 7.81. The van der Waals surface area contributed by atoms with Crippen LogP contribution in [0.1, 0.15) is 58.9 Å². The molecule has 0 fully saturated rings. The Bertz CT molecular complexity index is 845. The van der Waals surface area contributed by atoms with Gasteiger partial charge in [0.25, 0.3) is 0 Å². The predicted octanol–water partition coefficient (Wildman–Crippen LogP) is 4.25. The minimum absolute atomic E-state index is 0. The van der Waals surface area contributed by atoms with Crippen molar-refractivity contribution in [3.05, 3.63) is 50.4 Å². The summed E-state index contributed by atoms with van der Waals surface area (Å²) >= 11 is 7.19. The zero-order chi connectivity index (χ0) is 21.4. The fraction of sp³-hybridized carbons (Fsp3) is 0.450. The normalized spacial score (nSPS) is 13.2. The van der Waals surface area contributed by atoms with Crippen molar-refractivity contribution in [3.63, 3.8) is 0 Å². The van der Waals surface area contributed by atoms with Crippen LogP contribution in [0.25, 0.3) is 0 Å². The summed E-state index contributed by atoms with van der Waals surface area (Å²) in [5, 5.41) is 18.2. The number of halogens is 2. The Kier molecular flexibility index (Phi) is 11.6. The summed E-state index contributed by atoms with van der Waals surface area (Å²) in [5.74, 6) is 0.200. The Morgan fingerprint density at radius 1 is 1.33 bits per heavy atom. The molecule has 1 heterocycles. The van der Waals surface area contributed by atoms with E-state index in [9.17, 15) is 9.90 Å². The van der Waals surface area contributed by atoms with Gasteiger partial charge in [-0.15, -0.1) is 35.3 Å². The van der Waals surface area contributed by atoms with Crippen LogP contribution < -0.4 is 10.6 Å². The van der Waals surface area contributed by atoms with Crippen LogP contribution in [0, 0.1) is 6.92 Å². The van der Waals surface area contributed by atoms with Crippen LogP contribution in [0.5, 0.6) is 0 Å². The SMILES string of the molecule is CCNC(=NCC(O)c1ccc(Cl)cc1)NC(C)c1nc(C)c(C(=O)OCC)s1.I. The molecule has 30 heavy (non-hydrogen) atoms. The third-order valence-electron chi connectivity index (χ3n) is 4.02. The average Bonchev–Trinajstić information content (AvgIpc) is 3.08. The second-order valence-electron chi connectivity index (χ2n) is 6.34. The quantitative estimate of drug-likeness (QED) is 0.191. The molecular formula is C20H28ClIN4O3S. The van der Waals surface area contributed by atoms with Gasteiger partial charge in [0.2, 0.25) is 0 Å². The van der Waals surface area contributed by atoms with E-state index in [0.717, 1.165) is 10.6 Å². The van der Waals surface area contributed by atoms with E-state index in [1.165, 1.54) is 11.3 Å². The van der Waals surface area contributed by atoms with Gasteiger partial charge in [0.05, 0.1) is 31.0 Å². The van der Waals surface area contributed by atoms with Crippen molar-refractivity contribution in [1.82, 2.24) is 15.6 Å². The molecule has 0 aliphatic rings. The minimum Gasteiger partial charge on any atom is -0.462 e. The first-order valence-corrected chi connectivity index (χ1v) is 10.7. The molecule has 0 aliphatic heterocycles. The lowest BCUT2D eigenvalue weighted by molar-refractivity contribution is 0.0531. The third kappa shape index (κ3) is 7.68. The van der Waals surface area contributed by atoms with Gasteiger partial charge in [0, 0.05) is 11.6 Å². The number of rotatable bonds is 8. The number of nitrogens with zero attached hydrogens (tertiary/aromatic N) is 2. The lowest BCUT2D eigenvalue weighted by Crippen LogP contribution is -2.39. The number of nitrogens with one attached hydrogen (secondary N) is 2. The number of hydrogen-bond donors (Lipinski definition) is 3.